The number of benzene rings is 3. The molecule has 1 unspecified atom stereocenters. The first-order valence-corrected chi connectivity index (χ1v) is 11.3. The van der Waals surface area contributed by atoms with Gasteiger partial charge in [0, 0.05) is 18.4 Å². The van der Waals surface area contributed by atoms with Gasteiger partial charge in [-0.2, -0.15) is 0 Å². The summed E-state index contributed by atoms with van der Waals surface area (Å²) in [6.45, 7) is 2.22. The van der Waals surface area contributed by atoms with E-state index in [1.165, 1.54) is 12.1 Å². The van der Waals surface area contributed by atoms with Gasteiger partial charge in [0.15, 0.2) is 5.82 Å². The molecule has 0 bridgehead atoms. The van der Waals surface area contributed by atoms with E-state index >= 15 is 0 Å². The van der Waals surface area contributed by atoms with Crippen molar-refractivity contribution in [3.8, 4) is 17.1 Å². The Kier molecular flexibility index (Phi) is 7.62. The number of rotatable bonds is 9. The smallest absolute Gasteiger partial charge is 0.273 e. The summed E-state index contributed by atoms with van der Waals surface area (Å²) in [6.07, 6.45) is 0.320. The summed E-state index contributed by atoms with van der Waals surface area (Å²) in [6, 6.07) is 22.7. The molecule has 3 aromatic carbocycles. The fraction of sp³-hybridized carbons (Fsp3) is 0.185. The molecule has 0 fully saturated rings. The number of nitrogens with zero attached hydrogens (tertiary/aromatic N) is 2. The number of hydrogen-bond donors (Lipinski definition) is 2. The van der Waals surface area contributed by atoms with Gasteiger partial charge in [-0.05, 0) is 54.4 Å². The van der Waals surface area contributed by atoms with Crippen LogP contribution in [-0.4, -0.2) is 21.1 Å². The molecule has 178 valence electrons. The number of amides is 1. The zero-order valence-electron chi connectivity index (χ0n) is 19.2. The minimum Gasteiger partial charge on any atom is -0.489 e. The van der Waals surface area contributed by atoms with Gasteiger partial charge >= 0.3 is 0 Å². The van der Waals surface area contributed by atoms with Crippen LogP contribution in [0.5, 0.6) is 5.75 Å². The molecule has 1 atom stereocenters. The molecule has 0 spiro atoms. The standard InChI is InChI=1S/C27H25FN4O3/c1-18(20-5-3-2-4-6-20)29-25(33)16-15-24-27(34)30-26(32-31-24)21-9-13-23(14-10-21)35-17-19-7-11-22(28)12-8-19/h2-14,18H,15-17H2,1H3,(H,29,33)(H,30,32,34). The highest BCUT2D eigenvalue weighted by molar-refractivity contribution is 5.76. The molecule has 0 aliphatic carbocycles. The van der Waals surface area contributed by atoms with E-state index in [9.17, 15) is 14.0 Å². The highest BCUT2D eigenvalue weighted by Crippen LogP contribution is 2.19. The van der Waals surface area contributed by atoms with Crippen LogP contribution in [0, 0.1) is 5.82 Å². The Balaban J connectivity index is 1.31. The van der Waals surface area contributed by atoms with E-state index in [0.717, 1.165) is 11.1 Å². The second-order valence-corrected chi connectivity index (χ2v) is 8.09. The number of aromatic amines is 1. The number of aromatic nitrogens is 3. The van der Waals surface area contributed by atoms with Gasteiger partial charge in [0.25, 0.3) is 5.56 Å². The van der Waals surface area contributed by atoms with E-state index in [4.69, 9.17) is 4.74 Å². The maximum atomic E-state index is 13.0. The number of halogens is 1. The molecule has 0 saturated heterocycles. The van der Waals surface area contributed by atoms with Gasteiger partial charge < -0.3 is 15.0 Å². The monoisotopic (exact) mass is 472 g/mol. The average molecular weight is 473 g/mol. The van der Waals surface area contributed by atoms with Gasteiger partial charge in [0.05, 0.1) is 6.04 Å². The largest absolute Gasteiger partial charge is 0.489 e. The van der Waals surface area contributed by atoms with Gasteiger partial charge in [0.1, 0.15) is 23.9 Å². The minimum absolute atomic E-state index is 0.127. The second kappa shape index (κ2) is 11.2. The van der Waals surface area contributed by atoms with E-state index in [-0.39, 0.29) is 41.9 Å². The van der Waals surface area contributed by atoms with Crippen molar-refractivity contribution in [2.24, 2.45) is 0 Å². The summed E-state index contributed by atoms with van der Waals surface area (Å²) in [5.41, 5.74) is 2.36. The van der Waals surface area contributed by atoms with Crippen LogP contribution >= 0.6 is 0 Å². The normalized spacial score (nSPS) is 11.6. The Bertz CT molecular complexity index is 1320. The quantitative estimate of drug-likeness (QED) is 0.377. The van der Waals surface area contributed by atoms with Crippen molar-refractivity contribution in [3.63, 3.8) is 0 Å². The Morgan fingerprint density at radius 1 is 1.00 bits per heavy atom. The molecule has 0 aliphatic heterocycles. The van der Waals surface area contributed by atoms with Gasteiger partial charge in [-0.25, -0.2) is 4.39 Å². The zero-order chi connectivity index (χ0) is 24.6. The van der Waals surface area contributed by atoms with Crippen LogP contribution in [0.4, 0.5) is 4.39 Å². The SMILES string of the molecule is CC(NC(=O)CCc1nnc(-c2ccc(OCc3ccc(F)cc3)cc2)[nH]c1=O)c1ccccc1. The second-order valence-electron chi connectivity index (χ2n) is 8.09. The first-order chi connectivity index (χ1) is 17.0. The number of ether oxygens (including phenoxy) is 1. The van der Waals surface area contributed by atoms with Crippen molar-refractivity contribution in [1.29, 1.82) is 0 Å². The molecule has 2 N–H and O–H groups in total. The summed E-state index contributed by atoms with van der Waals surface area (Å²) in [5, 5.41) is 11.1. The fourth-order valence-electron chi connectivity index (χ4n) is 3.48. The molecule has 0 radical (unpaired) electrons. The summed E-state index contributed by atoms with van der Waals surface area (Å²) in [4.78, 5) is 27.5. The van der Waals surface area contributed by atoms with Crippen molar-refractivity contribution in [2.75, 3.05) is 0 Å². The van der Waals surface area contributed by atoms with Crippen molar-refractivity contribution in [3.05, 3.63) is 112 Å². The third-order valence-corrected chi connectivity index (χ3v) is 5.48. The molecule has 1 aromatic heterocycles. The molecule has 0 aliphatic rings. The topological polar surface area (TPSA) is 97.0 Å². The van der Waals surface area contributed by atoms with Crippen LogP contribution in [0.15, 0.2) is 83.7 Å². The van der Waals surface area contributed by atoms with Gasteiger partial charge in [-0.15, -0.1) is 10.2 Å². The molecule has 4 aromatic rings. The van der Waals surface area contributed by atoms with Crippen molar-refractivity contribution < 1.29 is 13.9 Å². The van der Waals surface area contributed by atoms with Crippen molar-refractivity contribution in [1.82, 2.24) is 20.5 Å². The lowest BCUT2D eigenvalue weighted by Gasteiger charge is -2.14. The van der Waals surface area contributed by atoms with Gasteiger partial charge in [-0.1, -0.05) is 42.5 Å². The van der Waals surface area contributed by atoms with Crippen LogP contribution in [0.1, 0.15) is 36.2 Å². The summed E-state index contributed by atoms with van der Waals surface area (Å²) >= 11 is 0. The number of carbonyl (C=O) groups excluding carboxylic acids is 1. The average Bonchev–Trinajstić information content (AvgIpc) is 2.88. The predicted octanol–water partition coefficient (Wildman–Crippen LogP) is 4.36. The Morgan fingerprint density at radius 3 is 2.40 bits per heavy atom. The molecule has 1 amide bonds. The van der Waals surface area contributed by atoms with Crippen molar-refractivity contribution in [2.45, 2.75) is 32.4 Å². The van der Waals surface area contributed by atoms with E-state index in [0.29, 0.717) is 23.7 Å². The number of aryl methyl sites for hydroxylation is 1. The van der Waals surface area contributed by atoms with Gasteiger partial charge in [-0.3, -0.25) is 9.59 Å². The van der Waals surface area contributed by atoms with E-state index in [1.807, 2.05) is 37.3 Å². The van der Waals surface area contributed by atoms with E-state index in [1.54, 1.807) is 36.4 Å². The lowest BCUT2D eigenvalue weighted by molar-refractivity contribution is -0.121. The van der Waals surface area contributed by atoms with Gasteiger partial charge in [0.2, 0.25) is 5.91 Å². The van der Waals surface area contributed by atoms with Crippen LogP contribution in [-0.2, 0) is 17.8 Å². The van der Waals surface area contributed by atoms with E-state index < -0.39 is 0 Å². The van der Waals surface area contributed by atoms with Crippen LogP contribution in [0.25, 0.3) is 11.4 Å². The Labute approximate surface area is 202 Å². The molecular weight excluding hydrogens is 447 g/mol. The molecule has 7 nitrogen and oxygen atoms in total. The predicted molar refractivity (Wildman–Crippen MR) is 130 cm³/mol. The number of H-pyrrole nitrogens is 1. The highest BCUT2D eigenvalue weighted by atomic mass is 19.1. The van der Waals surface area contributed by atoms with Crippen LogP contribution in [0.3, 0.4) is 0 Å². The molecular formula is C27H25FN4O3. The van der Waals surface area contributed by atoms with E-state index in [2.05, 4.69) is 20.5 Å². The van der Waals surface area contributed by atoms with Crippen molar-refractivity contribution >= 4 is 5.91 Å². The maximum absolute atomic E-state index is 13.0. The molecule has 8 heteroatoms. The third-order valence-electron chi connectivity index (χ3n) is 5.48. The molecule has 0 saturated carbocycles. The summed E-state index contributed by atoms with van der Waals surface area (Å²) < 4.78 is 18.7. The fourth-order valence-corrected chi connectivity index (χ4v) is 3.48. The number of nitrogens with one attached hydrogen (secondary N) is 2. The molecule has 35 heavy (non-hydrogen) atoms. The van der Waals surface area contributed by atoms with Crippen LogP contribution < -0.4 is 15.6 Å². The third kappa shape index (κ3) is 6.60. The zero-order valence-corrected chi connectivity index (χ0v) is 19.2. The minimum atomic E-state index is -0.379. The number of carbonyl (C=O) groups is 1. The molecule has 1 heterocycles. The maximum Gasteiger partial charge on any atom is 0.273 e. The Hall–Kier alpha value is -4.33. The first-order valence-electron chi connectivity index (χ1n) is 11.3. The lowest BCUT2D eigenvalue weighted by Crippen LogP contribution is -2.28. The first kappa shape index (κ1) is 23.8. The summed E-state index contributed by atoms with van der Waals surface area (Å²) in [7, 11) is 0. The molecule has 4 rings (SSSR count). The highest BCUT2D eigenvalue weighted by Gasteiger charge is 2.12. The number of hydrogen-bond acceptors (Lipinski definition) is 5. The lowest BCUT2D eigenvalue weighted by atomic mass is 10.1. The van der Waals surface area contributed by atoms with Crippen LogP contribution in [0.2, 0.25) is 0 Å². The summed E-state index contributed by atoms with van der Waals surface area (Å²) in [5.74, 6) is 0.495. The Morgan fingerprint density at radius 2 is 1.71 bits per heavy atom.